The number of ether oxygens (including phenoxy) is 2. The average molecular weight is 266 g/mol. The van der Waals surface area contributed by atoms with Crippen LogP contribution in [0.2, 0.25) is 0 Å². The molecule has 1 rings (SSSR count). The monoisotopic (exact) mass is 266 g/mol. The molecule has 4 heteroatoms. The normalized spacial score (nSPS) is 12.7. The summed E-state index contributed by atoms with van der Waals surface area (Å²) in [6.45, 7) is 5.23. The van der Waals surface area contributed by atoms with Gasteiger partial charge in [0.15, 0.2) is 0 Å². The minimum Gasteiger partial charge on any atom is -0.494 e. The number of para-hydroxylation sites is 1. The fourth-order valence-electron chi connectivity index (χ4n) is 2.08. The van der Waals surface area contributed by atoms with Gasteiger partial charge in [-0.25, -0.2) is 0 Å². The lowest BCUT2D eigenvalue weighted by molar-refractivity contribution is 0.177. The quantitative estimate of drug-likeness (QED) is 0.695. The molecule has 108 valence electrons. The summed E-state index contributed by atoms with van der Waals surface area (Å²) in [5.74, 6) is 0.891. The van der Waals surface area contributed by atoms with Crippen LogP contribution in [0.1, 0.15) is 24.9 Å². The van der Waals surface area contributed by atoms with Crippen LogP contribution in [0.4, 0.5) is 0 Å². The summed E-state index contributed by atoms with van der Waals surface area (Å²) in [5.41, 5.74) is 7.35. The van der Waals surface area contributed by atoms with E-state index in [0.29, 0.717) is 6.61 Å². The molecule has 0 aliphatic carbocycles. The SMILES string of the molecule is CCOc1ccccc1C(N)CN(C)CCCOC. The zero-order valence-electron chi connectivity index (χ0n) is 12.3. The number of nitrogens with two attached hydrogens (primary N) is 1. The summed E-state index contributed by atoms with van der Waals surface area (Å²) in [6.07, 6.45) is 1.02. The van der Waals surface area contributed by atoms with Crippen LogP contribution in [0.25, 0.3) is 0 Å². The molecule has 0 amide bonds. The van der Waals surface area contributed by atoms with Crippen LogP contribution in [0.15, 0.2) is 24.3 Å². The zero-order chi connectivity index (χ0) is 14.1. The van der Waals surface area contributed by atoms with Crippen LogP contribution in [0.5, 0.6) is 5.75 Å². The maximum absolute atomic E-state index is 6.28. The van der Waals surface area contributed by atoms with Gasteiger partial charge in [-0.1, -0.05) is 18.2 Å². The Labute approximate surface area is 116 Å². The minimum atomic E-state index is -0.0321. The van der Waals surface area contributed by atoms with E-state index in [4.69, 9.17) is 15.2 Å². The molecule has 19 heavy (non-hydrogen) atoms. The predicted molar refractivity (Wildman–Crippen MR) is 78.5 cm³/mol. The first-order valence-electron chi connectivity index (χ1n) is 6.83. The first-order chi connectivity index (χ1) is 9.19. The summed E-state index contributed by atoms with van der Waals surface area (Å²) in [4.78, 5) is 2.23. The lowest BCUT2D eigenvalue weighted by atomic mass is 10.1. The lowest BCUT2D eigenvalue weighted by Crippen LogP contribution is -2.30. The third kappa shape index (κ3) is 5.59. The highest BCUT2D eigenvalue weighted by Gasteiger charge is 2.13. The Morgan fingerprint density at radius 2 is 2.05 bits per heavy atom. The highest BCUT2D eigenvalue weighted by atomic mass is 16.5. The van der Waals surface area contributed by atoms with Crippen molar-refractivity contribution >= 4 is 0 Å². The molecule has 0 heterocycles. The zero-order valence-corrected chi connectivity index (χ0v) is 12.3. The van der Waals surface area contributed by atoms with E-state index in [1.54, 1.807) is 7.11 Å². The molecule has 0 aromatic heterocycles. The topological polar surface area (TPSA) is 47.7 Å². The second kappa shape index (κ2) is 8.91. The second-order valence-electron chi connectivity index (χ2n) is 4.69. The van der Waals surface area contributed by atoms with E-state index < -0.39 is 0 Å². The minimum absolute atomic E-state index is 0.0321. The van der Waals surface area contributed by atoms with Gasteiger partial charge in [0.05, 0.1) is 6.61 Å². The molecule has 0 saturated carbocycles. The van der Waals surface area contributed by atoms with Gasteiger partial charge in [-0.05, 0) is 26.5 Å². The van der Waals surface area contributed by atoms with E-state index >= 15 is 0 Å². The van der Waals surface area contributed by atoms with E-state index in [2.05, 4.69) is 11.9 Å². The van der Waals surface area contributed by atoms with Gasteiger partial charge in [0.2, 0.25) is 0 Å². The Morgan fingerprint density at radius 1 is 1.32 bits per heavy atom. The number of hydrogen-bond donors (Lipinski definition) is 1. The molecule has 4 nitrogen and oxygen atoms in total. The van der Waals surface area contributed by atoms with Crippen LogP contribution >= 0.6 is 0 Å². The largest absolute Gasteiger partial charge is 0.494 e. The molecule has 1 aromatic rings. The maximum atomic E-state index is 6.28. The Hall–Kier alpha value is -1.10. The fraction of sp³-hybridized carbons (Fsp3) is 0.600. The average Bonchev–Trinajstić information content (AvgIpc) is 2.40. The van der Waals surface area contributed by atoms with Crippen molar-refractivity contribution in [1.82, 2.24) is 4.90 Å². The first-order valence-corrected chi connectivity index (χ1v) is 6.83. The summed E-state index contributed by atoms with van der Waals surface area (Å²) in [7, 11) is 3.81. The maximum Gasteiger partial charge on any atom is 0.124 e. The number of benzene rings is 1. The van der Waals surface area contributed by atoms with Crippen molar-refractivity contribution in [2.75, 3.05) is 40.5 Å². The van der Waals surface area contributed by atoms with Crippen molar-refractivity contribution in [2.45, 2.75) is 19.4 Å². The molecule has 0 aliphatic heterocycles. The molecular formula is C15H26N2O2. The molecule has 1 atom stereocenters. The third-order valence-electron chi connectivity index (χ3n) is 3.01. The van der Waals surface area contributed by atoms with Crippen molar-refractivity contribution in [3.63, 3.8) is 0 Å². The fourth-order valence-corrected chi connectivity index (χ4v) is 2.08. The van der Waals surface area contributed by atoms with E-state index in [1.165, 1.54) is 0 Å². The summed E-state index contributed by atoms with van der Waals surface area (Å²) in [6, 6.07) is 7.96. The third-order valence-corrected chi connectivity index (χ3v) is 3.01. The summed E-state index contributed by atoms with van der Waals surface area (Å²) < 4.78 is 10.7. The molecule has 0 spiro atoms. The number of hydrogen-bond acceptors (Lipinski definition) is 4. The van der Waals surface area contributed by atoms with Crippen molar-refractivity contribution in [2.24, 2.45) is 5.73 Å². The first kappa shape index (κ1) is 16.0. The molecule has 1 unspecified atom stereocenters. The Kier molecular flexibility index (Phi) is 7.48. The van der Waals surface area contributed by atoms with E-state index in [0.717, 1.165) is 37.4 Å². The van der Waals surface area contributed by atoms with Gasteiger partial charge in [0.25, 0.3) is 0 Å². The van der Waals surface area contributed by atoms with Crippen molar-refractivity contribution in [3.8, 4) is 5.75 Å². The highest BCUT2D eigenvalue weighted by molar-refractivity contribution is 5.35. The lowest BCUT2D eigenvalue weighted by Gasteiger charge is -2.23. The molecule has 0 radical (unpaired) electrons. The standard InChI is InChI=1S/C15H26N2O2/c1-4-19-15-9-6-5-8-13(15)14(16)12-17(2)10-7-11-18-3/h5-6,8-9,14H,4,7,10-12,16H2,1-3H3. The number of rotatable bonds is 9. The molecule has 0 aliphatic rings. The molecule has 2 N–H and O–H groups in total. The van der Waals surface area contributed by atoms with Gasteiger partial charge in [-0.15, -0.1) is 0 Å². The number of methoxy groups -OCH3 is 1. The van der Waals surface area contributed by atoms with Crippen LogP contribution in [0.3, 0.4) is 0 Å². The van der Waals surface area contributed by atoms with Gasteiger partial charge in [-0.3, -0.25) is 0 Å². The Bertz CT molecular complexity index is 358. The van der Waals surface area contributed by atoms with Crippen LogP contribution in [0, 0.1) is 0 Å². The van der Waals surface area contributed by atoms with Crippen LogP contribution in [-0.4, -0.2) is 45.4 Å². The van der Waals surface area contributed by atoms with Gasteiger partial charge >= 0.3 is 0 Å². The molecular weight excluding hydrogens is 240 g/mol. The summed E-state index contributed by atoms with van der Waals surface area (Å²) >= 11 is 0. The molecule has 1 aromatic carbocycles. The Balaban J connectivity index is 2.54. The Morgan fingerprint density at radius 3 is 2.74 bits per heavy atom. The van der Waals surface area contributed by atoms with Crippen molar-refractivity contribution in [1.29, 1.82) is 0 Å². The van der Waals surface area contributed by atoms with Gasteiger partial charge in [0.1, 0.15) is 5.75 Å². The predicted octanol–water partition coefficient (Wildman–Crippen LogP) is 2.05. The van der Waals surface area contributed by atoms with Crippen LogP contribution < -0.4 is 10.5 Å². The van der Waals surface area contributed by atoms with Gasteiger partial charge < -0.3 is 20.1 Å². The number of nitrogens with zero attached hydrogens (tertiary/aromatic N) is 1. The van der Waals surface area contributed by atoms with Crippen molar-refractivity contribution < 1.29 is 9.47 Å². The highest BCUT2D eigenvalue weighted by Crippen LogP contribution is 2.24. The van der Waals surface area contributed by atoms with Gasteiger partial charge in [0, 0.05) is 38.4 Å². The number of likely N-dealkylation sites (N-methyl/N-ethyl adjacent to an activating group) is 1. The van der Waals surface area contributed by atoms with Crippen LogP contribution in [-0.2, 0) is 4.74 Å². The van der Waals surface area contributed by atoms with E-state index in [1.807, 2.05) is 31.2 Å². The molecule has 0 bridgehead atoms. The van der Waals surface area contributed by atoms with Gasteiger partial charge in [-0.2, -0.15) is 0 Å². The van der Waals surface area contributed by atoms with E-state index in [9.17, 15) is 0 Å². The molecule has 0 fully saturated rings. The smallest absolute Gasteiger partial charge is 0.124 e. The molecule has 0 saturated heterocycles. The van der Waals surface area contributed by atoms with Crippen molar-refractivity contribution in [3.05, 3.63) is 29.8 Å². The van der Waals surface area contributed by atoms with E-state index in [-0.39, 0.29) is 6.04 Å². The summed E-state index contributed by atoms with van der Waals surface area (Å²) in [5, 5.41) is 0. The second-order valence-corrected chi connectivity index (χ2v) is 4.69.